The molecule has 96 valence electrons. The molecule has 16 heavy (non-hydrogen) atoms. The monoisotopic (exact) mass is 230 g/mol. The SMILES string of the molecule is COC(=O)CC(C)NCC(C)(C)CN(C)C. The first-order valence-corrected chi connectivity index (χ1v) is 5.72. The molecule has 0 aromatic rings. The first-order valence-electron chi connectivity index (χ1n) is 5.72. The van der Waals surface area contributed by atoms with Crippen LogP contribution in [0.2, 0.25) is 0 Å². The zero-order valence-corrected chi connectivity index (χ0v) is 11.5. The summed E-state index contributed by atoms with van der Waals surface area (Å²) in [5.41, 5.74) is 0.202. The molecule has 0 saturated carbocycles. The van der Waals surface area contributed by atoms with Crippen LogP contribution >= 0.6 is 0 Å². The fourth-order valence-electron chi connectivity index (χ4n) is 1.77. The quantitative estimate of drug-likeness (QED) is 0.665. The second-order valence-corrected chi connectivity index (χ2v) is 5.46. The van der Waals surface area contributed by atoms with Gasteiger partial charge in [-0.2, -0.15) is 0 Å². The van der Waals surface area contributed by atoms with E-state index in [4.69, 9.17) is 0 Å². The van der Waals surface area contributed by atoms with Gasteiger partial charge >= 0.3 is 5.97 Å². The molecule has 1 atom stereocenters. The summed E-state index contributed by atoms with van der Waals surface area (Å²) >= 11 is 0. The van der Waals surface area contributed by atoms with Gasteiger partial charge in [0.2, 0.25) is 0 Å². The van der Waals surface area contributed by atoms with Crippen molar-refractivity contribution in [2.24, 2.45) is 5.41 Å². The molecule has 0 radical (unpaired) electrons. The summed E-state index contributed by atoms with van der Waals surface area (Å²) < 4.78 is 4.63. The first kappa shape index (κ1) is 15.4. The zero-order chi connectivity index (χ0) is 12.8. The van der Waals surface area contributed by atoms with E-state index in [1.807, 2.05) is 6.92 Å². The van der Waals surface area contributed by atoms with Crippen molar-refractivity contribution in [2.45, 2.75) is 33.2 Å². The average Bonchev–Trinajstić information content (AvgIpc) is 2.13. The molecule has 0 aromatic carbocycles. The van der Waals surface area contributed by atoms with Gasteiger partial charge in [0.25, 0.3) is 0 Å². The van der Waals surface area contributed by atoms with Crippen LogP contribution in [0.3, 0.4) is 0 Å². The predicted octanol–water partition coefficient (Wildman–Crippen LogP) is 1.12. The standard InChI is InChI=1S/C12H26N2O2/c1-10(7-11(15)16-6)13-8-12(2,3)9-14(4)5/h10,13H,7-9H2,1-6H3. The number of carbonyl (C=O) groups excluding carboxylic acids is 1. The molecule has 0 saturated heterocycles. The topological polar surface area (TPSA) is 41.6 Å². The molecule has 4 nitrogen and oxygen atoms in total. The lowest BCUT2D eigenvalue weighted by Gasteiger charge is -2.30. The van der Waals surface area contributed by atoms with E-state index < -0.39 is 0 Å². The summed E-state index contributed by atoms with van der Waals surface area (Å²) in [6.45, 7) is 8.34. The summed E-state index contributed by atoms with van der Waals surface area (Å²) in [4.78, 5) is 13.2. The van der Waals surface area contributed by atoms with E-state index in [9.17, 15) is 4.79 Å². The summed E-state index contributed by atoms with van der Waals surface area (Å²) in [6.07, 6.45) is 0.425. The Balaban J connectivity index is 3.89. The Labute approximate surface area is 99.3 Å². The van der Waals surface area contributed by atoms with Crippen LogP contribution in [-0.2, 0) is 9.53 Å². The molecule has 0 aliphatic carbocycles. The molecule has 0 heterocycles. The van der Waals surface area contributed by atoms with Crippen molar-refractivity contribution in [2.75, 3.05) is 34.3 Å². The van der Waals surface area contributed by atoms with Crippen LogP contribution in [0.4, 0.5) is 0 Å². The van der Waals surface area contributed by atoms with Gasteiger partial charge in [-0.1, -0.05) is 13.8 Å². The normalized spacial score (nSPS) is 13.9. The lowest BCUT2D eigenvalue weighted by atomic mass is 9.92. The molecule has 0 aliphatic rings. The van der Waals surface area contributed by atoms with Gasteiger partial charge in [-0.15, -0.1) is 0 Å². The van der Waals surface area contributed by atoms with Crippen molar-refractivity contribution in [1.29, 1.82) is 0 Å². The number of ether oxygens (including phenoxy) is 1. The van der Waals surface area contributed by atoms with Gasteiger partial charge in [0.05, 0.1) is 13.5 Å². The van der Waals surface area contributed by atoms with Gasteiger partial charge in [-0.3, -0.25) is 4.79 Å². The maximum atomic E-state index is 11.1. The third kappa shape index (κ3) is 7.65. The molecule has 0 rings (SSSR count). The number of nitrogens with zero attached hydrogens (tertiary/aromatic N) is 1. The molecule has 0 bridgehead atoms. The van der Waals surface area contributed by atoms with Crippen LogP contribution in [0, 0.1) is 5.41 Å². The molecule has 0 spiro atoms. The minimum absolute atomic E-state index is 0.161. The van der Waals surface area contributed by atoms with Crippen LogP contribution in [-0.4, -0.2) is 51.2 Å². The van der Waals surface area contributed by atoms with Crippen molar-refractivity contribution in [1.82, 2.24) is 10.2 Å². The molecule has 4 heteroatoms. The molecule has 0 aliphatic heterocycles. The highest BCUT2D eigenvalue weighted by molar-refractivity contribution is 5.69. The van der Waals surface area contributed by atoms with Crippen molar-refractivity contribution in [3.8, 4) is 0 Å². The maximum absolute atomic E-state index is 11.1. The highest BCUT2D eigenvalue weighted by Crippen LogP contribution is 2.14. The van der Waals surface area contributed by atoms with E-state index in [0.29, 0.717) is 6.42 Å². The molecular weight excluding hydrogens is 204 g/mol. The number of rotatable bonds is 7. The Bertz CT molecular complexity index is 215. The fourth-order valence-corrected chi connectivity index (χ4v) is 1.77. The van der Waals surface area contributed by atoms with Crippen molar-refractivity contribution in [3.63, 3.8) is 0 Å². The fraction of sp³-hybridized carbons (Fsp3) is 0.917. The summed E-state index contributed by atoms with van der Waals surface area (Å²) in [7, 11) is 5.56. The number of nitrogens with one attached hydrogen (secondary N) is 1. The van der Waals surface area contributed by atoms with Crippen LogP contribution in [0.25, 0.3) is 0 Å². The molecule has 0 fully saturated rings. The lowest BCUT2D eigenvalue weighted by molar-refractivity contribution is -0.141. The number of hydrogen-bond acceptors (Lipinski definition) is 4. The smallest absolute Gasteiger partial charge is 0.307 e. The van der Waals surface area contributed by atoms with E-state index in [1.54, 1.807) is 0 Å². The third-order valence-corrected chi connectivity index (χ3v) is 2.37. The van der Waals surface area contributed by atoms with Gasteiger partial charge in [0.1, 0.15) is 0 Å². The minimum Gasteiger partial charge on any atom is -0.469 e. The van der Waals surface area contributed by atoms with Crippen molar-refractivity contribution >= 4 is 5.97 Å². The minimum atomic E-state index is -0.162. The van der Waals surface area contributed by atoms with E-state index >= 15 is 0 Å². The lowest BCUT2D eigenvalue weighted by Crippen LogP contribution is -2.41. The van der Waals surface area contributed by atoms with Crippen LogP contribution in [0.5, 0.6) is 0 Å². The Hall–Kier alpha value is -0.610. The number of carbonyl (C=O) groups is 1. The van der Waals surface area contributed by atoms with Crippen LogP contribution in [0.15, 0.2) is 0 Å². The molecule has 0 amide bonds. The summed E-state index contributed by atoms with van der Waals surface area (Å²) in [5, 5.41) is 3.37. The highest BCUT2D eigenvalue weighted by atomic mass is 16.5. The molecular formula is C12H26N2O2. The highest BCUT2D eigenvalue weighted by Gasteiger charge is 2.20. The van der Waals surface area contributed by atoms with Crippen LogP contribution < -0.4 is 5.32 Å². The molecule has 1 unspecified atom stereocenters. The second kappa shape index (κ2) is 6.86. The summed E-state index contributed by atoms with van der Waals surface area (Å²) in [6, 6.07) is 0.161. The Morgan fingerprint density at radius 1 is 1.44 bits per heavy atom. The Morgan fingerprint density at radius 3 is 2.44 bits per heavy atom. The Morgan fingerprint density at radius 2 is 2.00 bits per heavy atom. The largest absolute Gasteiger partial charge is 0.469 e. The van der Waals surface area contributed by atoms with Crippen LogP contribution in [0.1, 0.15) is 27.2 Å². The van der Waals surface area contributed by atoms with Gasteiger partial charge in [-0.25, -0.2) is 0 Å². The van der Waals surface area contributed by atoms with Gasteiger partial charge in [0.15, 0.2) is 0 Å². The van der Waals surface area contributed by atoms with E-state index in [0.717, 1.165) is 13.1 Å². The Kier molecular flexibility index (Phi) is 6.60. The second-order valence-electron chi connectivity index (χ2n) is 5.46. The van der Waals surface area contributed by atoms with E-state index in [2.05, 4.69) is 42.9 Å². The van der Waals surface area contributed by atoms with Gasteiger partial charge < -0.3 is 15.0 Å². The van der Waals surface area contributed by atoms with Crippen molar-refractivity contribution < 1.29 is 9.53 Å². The van der Waals surface area contributed by atoms with E-state index in [1.165, 1.54) is 7.11 Å². The summed E-state index contributed by atoms with van der Waals surface area (Å²) in [5.74, 6) is -0.162. The van der Waals surface area contributed by atoms with Gasteiger partial charge in [-0.05, 0) is 26.4 Å². The van der Waals surface area contributed by atoms with E-state index in [-0.39, 0.29) is 17.4 Å². The molecule has 1 N–H and O–H groups in total. The zero-order valence-electron chi connectivity index (χ0n) is 11.5. The number of esters is 1. The number of methoxy groups -OCH3 is 1. The maximum Gasteiger partial charge on any atom is 0.307 e. The van der Waals surface area contributed by atoms with Crippen molar-refractivity contribution in [3.05, 3.63) is 0 Å². The average molecular weight is 230 g/mol. The molecule has 0 aromatic heterocycles. The third-order valence-electron chi connectivity index (χ3n) is 2.37. The van der Waals surface area contributed by atoms with Gasteiger partial charge in [0, 0.05) is 19.1 Å². The predicted molar refractivity (Wildman–Crippen MR) is 66.4 cm³/mol. The number of hydrogen-bond donors (Lipinski definition) is 1. The first-order chi connectivity index (χ1) is 7.26.